The van der Waals surface area contributed by atoms with Crippen LogP contribution in [-0.4, -0.2) is 10.1 Å². The molecule has 0 spiro atoms. The van der Waals surface area contributed by atoms with E-state index in [1.807, 2.05) is 30.5 Å². The molecule has 15 heavy (non-hydrogen) atoms. The van der Waals surface area contributed by atoms with E-state index in [9.17, 15) is 5.11 Å². The highest BCUT2D eigenvalue weighted by Crippen LogP contribution is 2.25. The van der Waals surface area contributed by atoms with Crippen molar-refractivity contribution in [2.75, 3.05) is 0 Å². The molecule has 1 atom stereocenters. The van der Waals surface area contributed by atoms with Crippen molar-refractivity contribution in [2.45, 2.75) is 25.9 Å². The number of pyridine rings is 1. The van der Waals surface area contributed by atoms with Crippen LogP contribution in [0.5, 0.6) is 0 Å². The van der Waals surface area contributed by atoms with Gasteiger partial charge in [-0.15, -0.1) is 0 Å². The molecule has 1 N–H and O–H groups in total. The zero-order valence-electron chi connectivity index (χ0n) is 8.85. The van der Waals surface area contributed by atoms with E-state index in [0.29, 0.717) is 0 Å². The van der Waals surface area contributed by atoms with Gasteiger partial charge >= 0.3 is 0 Å². The van der Waals surface area contributed by atoms with Crippen molar-refractivity contribution in [3.8, 4) is 0 Å². The van der Waals surface area contributed by atoms with E-state index in [0.717, 1.165) is 29.2 Å². The van der Waals surface area contributed by atoms with Gasteiger partial charge in [0.25, 0.3) is 0 Å². The van der Waals surface area contributed by atoms with E-state index in [-0.39, 0.29) is 0 Å². The van der Waals surface area contributed by atoms with Crippen molar-refractivity contribution >= 4 is 10.8 Å². The third kappa shape index (κ3) is 2.00. The van der Waals surface area contributed by atoms with Crippen LogP contribution in [0.25, 0.3) is 10.8 Å². The van der Waals surface area contributed by atoms with Gasteiger partial charge in [-0.3, -0.25) is 4.98 Å². The van der Waals surface area contributed by atoms with Crippen molar-refractivity contribution in [1.29, 1.82) is 0 Å². The van der Waals surface area contributed by atoms with Crippen LogP contribution >= 0.6 is 0 Å². The number of aliphatic hydroxyl groups is 1. The first-order valence-electron chi connectivity index (χ1n) is 5.33. The Balaban J connectivity index is 2.50. The second-order valence-electron chi connectivity index (χ2n) is 3.75. The Kier molecular flexibility index (Phi) is 2.97. The number of aromatic nitrogens is 1. The van der Waals surface area contributed by atoms with Crippen LogP contribution in [0.4, 0.5) is 0 Å². The SMILES string of the molecule is CCCC(O)c1cncc2ccccc12. The van der Waals surface area contributed by atoms with E-state index in [1.54, 1.807) is 6.20 Å². The van der Waals surface area contributed by atoms with Gasteiger partial charge in [-0.1, -0.05) is 37.6 Å². The van der Waals surface area contributed by atoms with Gasteiger partial charge in [-0.25, -0.2) is 0 Å². The molecule has 0 aliphatic heterocycles. The fraction of sp³-hybridized carbons (Fsp3) is 0.308. The molecule has 0 saturated carbocycles. The fourth-order valence-corrected chi connectivity index (χ4v) is 1.83. The van der Waals surface area contributed by atoms with Crippen LogP contribution < -0.4 is 0 Å². The monoisotopic (exact) mass is 201 g/mol. The van der Waals surface area contributed by atoms with Crippen molar-refractivity contribution < 1.29 is 5.11 Å². The molecule has 0 amide bonds. The minimum atomic E-state index is -0.395. The van der Waals surface area contributed by atoms with Crippen LogP contribution in [0.15, 0.2) is 36.7 Å². The second-order valence-corrected chi connectivity index (χ2v) is 3.75. The van der Waals surface area contributed by atoms with Gasteiger partial charge in [-0.2, -0.15) is 0 Å². The number of nitrogens with zero attached hydrogens (tertiary/aromatic N) is 1. The molecule has 2 rings (SSSR count). The Morgan fingerprint density at radius 2 is 2.07 bits per heavy atom. The first kappa shape index (κ1) is 10.1. The average Bonchev–Trinajstić information content (AvgIpc) is 2.28. The Hall–Kier alpha value is -1.41. The molecule has 0 saturated heterocycles. The second kappa shape index (κ2) is 4.41. The summed E-state index contributed by atoms with van der Waals surface area (Å²) in [6, 6.07) is 8.03. The Morgan fingerprint density at radius 3 is 2.87 bits per heavy atom. The van der Waals surface area contributed by atoms with Crippen LogP contribution in [-0.2, 0) is 0 Å². The van der Waals surface area contributed by atoms with Crippen LogP contribution in [0.3, 0.4) is 0 Å². The van der Waals surface area contributed by atoms with Crippen molar-refractivity contribution in [2.24, 2.45) is 0 Å². The van der Waals surface area contributed by atoms with Crippen molar-refractivity contribution in [1.82, 2.24) is 4.98 Å². The average molecular weight is 201 g/mol. The molecule has 1 aromatic heterocycles. The first-order chi connectivity index (χ1) is 7.33. The highest BCUT2D eigenvalue weighted by Gasteiger charge is 2.09. The number of aliphatic hydroxyl groups excluding tert-OH is 1. The lowest BCUT2D eigenvalue weighted by atomic mass is 10.0. The molecular weight excluding hydrogens is 186 g/mol. The summed E-state index contributed by atoms with van der Waals surface area (Å²) in [5, 5.41) is 12.2. The number of rotatable bonds is 3. The third-order valence-corrected chi connectivity index (χ3v) is 2.62. The topological polar surface area (TPSA) is 33.1 Å². The van der Waals surface area contributed by atoms with Crippen LogP contribution in [0.2, 0.25) is 0 Å². The zero-order chi connectivity index (χ0) is 10.7. The van der Waals surface area contributed by atoms with Gasteiger partial charge in [-0.05, 0) is 11.8 Å². The smallest absolute Gasteiger partial charge is 0.0810 e. The summed E-state index contributed by atoms with van der Waals surface area (Å²) in [6.45, 7) is 2.07. The molecule has 2 aromatic rings. The van der Waals surface area contributed by atoms with E-state index >= 15 is 0 Å². The summed E-state index contributed by atoms with van der Waals surface area (Å²) in [5.74, 6) is 0. The van der Waals surface area contributed by atoms with Gasteiger partial charge in [0.1, 0.15) is 0 Å². The summed E-state index contributed by atoms with van der Waals surface area (Å²) in [5.41, 5.74) is 0.940. The quantitative estimate of drug-likeness (QED) is 0.827. The number of fused-ring (bicyclic) bond motifs is 1. The summed E-state index contributed by atoms with van der Waals surface area (Å²) >= 11 is 0. The molecule has 2 heteroatoms. The normalized spacial score (nSPS) is 12.9. The first-order valence-corrected chi connectivity index (χ1v) is 5.33. The van der Waals surface area contributed by atoms with E-state index in [1.165, 1.54) is 0 Å². The maximum Gasteiger partial charge on any atom is 0.0810 e. The zero-order valence-corrected chi connectivity index (χ0v) is 8.85. The summed E-state index contributed by atoms with van der Waals surface area (Å²) < 4.78 is 0. The van der Waals surface area contributed by atoms with Gasteiger partial charge in [0, 0.05) is 23.3 Å². The van der Waals surface area contributed by atoms with E-state index in [2.05, 4.69) is 11.9 Å². The van der Waals surface area contributed by atoms with Crippen LogP contribution in [0.1, 0.15) is 31.4 Å². The Labute approximate surface area is 89.6 Å². The molecular formula is C13H15NO. The summed E-state index contributed by atoms with van der Waals surface area (Å²) in [7, 11) is 0. The van der Waals surface area contributed by atoms with Crippen molar-refractivity contribution in [3.05, 3.63) is 42.2 Å². The maximum absolute atomic E-state index is 9.98. The van der Waals surface area contributed by atoms with Gasteiger partial charge in [0.05, 0.1) is 6.10 Å². The van der Waals surface area contributed by atoms with Gasteiger partial charge in [0.15, 0.2) is 0 Å². The summed E-state index contributed by atoms with van der Waals surface area (Å²) in [6.07, 6.45) is 4.97. The van der Waals surface area contributed by atoms with Crippen molar-refractivity contribution in [3.63, 3.8) is 0 Å². The highest BCUT2D eigenvalue weighted by atomic mass is 16.3. The number of hydrogen-bond donors (Lipinski definition) is 1. The Bertz CT molecular complexity index is 448. The predicted molar refractivity (Wildman–Crippen MR) is 61.6 cm³/mol. The minimum Gasteiger partial charge on any atom is -0.388 e. The maximum atomic E-state index is 9.98. The minimum absolute atomic E-state index is 0.395. The predicted octanol–water partition coefficient (Wildman–Crippen LogP) is 3.07. The lowest BCUT2D eigenvalue weighted by molar-refractivity contribution is 0.167. The molecule has 1 heterocycles. The molecule has 0 bridgehead atoms. The molecule has 1 unspecified atom stereocenters. The van der Waals surface area contributed by atoms with E-state index in [4.69, 9.17) is 0 Å². The van der Waals surface area contributed by atoms with Crippen LogP contribution in [0, 0.1) is 0 Å². The molecule has 0 aliphatic rings. The molecule has 0 fully saturated rings. The third-order valence-electron chi connectivity index (χ3n) is 2.62. The number of benzene rings is 1. The lowest BCUT2D eigenvalue weighted by Gasteiger charge is -2.11. The van der Waals surface area contributed by atoms with Gasteiger partial charge in [0.2, 0.25) is 0 Å². The standard InChI is InChI=1S/C13H15NO/c1-2-5-13(15)12-9-14-8-10-6-3-4-7-11(10)12/h3-4,6-9,13,15H,2,5H2,1H3. The molecule has 1 aromatic carbocycles. The molecule has 78 valence electrons. The number of hydrogen-bond acceptors (Lipinski definition) is 2. The highest BCUT2D eigenvalue weighted by molar-refractivity contribution is 5.84. The molecule has 2 nitrogen and oxygen atoms in total. The lowest BCUT2D eigenvalue weighted by Crippen LogP contribution is -1.98. The largest absolute Gasteiger partial charge is 0.388 e. The fourth-order valence-electron chi connectivity index (χ4n) is 1.83. The molecule has 0 radical (unpaired) electrons. The molecule has 0 aliphatic carbocycles. The Morgan fingerprint density at radius 1 is 1.27 bits per heavy atom. The van der Waals surface area contributed by atoms with Gasteiger partial charge < -0.3 is 5.11 Å². The van der Waals surface area contributed by atoms with E-state index < -0.39 is 6.10 Å². The summed E-state index contributed by atoms with van der Waals surface area (Å²) in [4.78, 5) is 4.16.